The van der Waals surface area contributed by atoms with E-state index in [1.165, 1.54) is 5.56 Å². The van der Waals surface area contributed by atoms with E-state index >= 15 is 0 Å². The summed E-state index contributed by atoms with van der Waals surface area (Å²) >= 11 is 5.39. The number of halogens is 2. The molecule has 1 aromatic rings. The Bertz CT molecular complexity index is 688. The number of nitrogens with one attached hydrogen (secondary N) is 1. The normalized spacial score (nSPS) is 31.2. The SMILES string of the molecule is CC1=NC2(NC1=S)c1ccccc1CC21CCC(F)(F)CC1. The van der Waals surface area contributed by atoms with Crippen molar-refractivity contribution in [1.82, 2.24) is 5.32 Å². The lowest BCUT2D eigenvalue weighted by Gasteiger charge is -2.46. The van der Waals surface area contributed by atoms with Gasteiger partial charge in [0, 0.05) is 23.8 Å². The number of benzene rings is 1. The van der Waals surface area contributed by atoms with Crippen molar-refractivity contribution in [3.8, 4) is 0 Å². The molecule has 2 spiro atoms. The van der Waals surface area contributed by atoms with Crippen LogP contribution in [0, 0.1) is 5.41 Å². The zero-order valence-electron chi connectivity index (χ0n) is 12.5. The molecule has 1 unspecified atom stereocenters. The van der Waals surface area contributed by atoms with Crippen LogP contribution in [0.25, 0.3) is 0 Å². The van der Waals surface area contributed by atoms with Crippen molar-refractivity contribution in [2.45, 2.75) is 50.6 Å². The third-order valence-electron chi connectivity index (χ3n) is 5.60. The zero-order chi connectivity index (χ0) is 15.6. The van der Waals surface area contributed by atoms with Crippen LogP contribution in [-0.4, -0.2) is 16.6 Å². The van der Waals surface area contributed by atoms with Gasteiger partial charge in [0.2, 0.25) is 5.92 Å². The molecule has 1 aliphatic heterocycles. The second-order valence-electron chi connectivity index (χ2n) is 6.83. The average molecular weight is 320 g/mol. The second-order valence-corrected chi connectivity index (χ2v) is 7.24. The minimum Gasteiger partial charge on any atom is -0.347 e. The summed E-state index contributed by atoms with van der Waals surface area (Å²) in [5.74, 6) is -2.54. The van der Waals surface area contributed by atoms with E-state index in [0.29, 0.717) is 17.8 Å². The molecule has 5 heteroatoms. The van der Waals surface area contributed by atoms with E-state index in [-0.39, 0.29) is 18.3 Å². The lowest BCUT2D eigenvalue weighted by Crippen LogP contribution is -2.53. The van der Waals surface area contributed by atoms with Gasteiger partial charge in [-0.1, -0.05) is 36.5 Å². The first-order valence-electron chi connectivity index (χ1n) is 7.73. The Morgan fingerprint density at radius 3 is 2.45 bits per heavy atom. The first-order chi connectivity index (χ1) is 10.4. The van der Waals surface area contributed by atoms with Crippen molar-refractivity contribution >= 4 is 22.9 Å². The van der Waals surface area contributed by atoms with E-state index < -0.39 is 11.6 Å². The van der Waals surface area contributed by atoms with Gasteiger partial charge in [-0.05, 0) is 31.7 Å². The van der Waals surface area contributed by atoms with Crippen molar-refractivity contribution in [2.75, 3.05) is 0 Å². The van der Waals surface area contributed by atoms with Crippen LogP contribution in [0.15, 0.2) is 29.3 Å². The molecule has 3 aliphatic rings. The molecule has 116 valence electrons. The van der Waals surface area contributed by atoms with Crippen LogP contribution < -0.4 is 5.32 Å². The van der Waals surface area contributed by atoms with Crippen molar-refractivity contribution in [3.05, 3.63) is 35.4 Å². The molecular formula is C17H18F2N2S. The number of hydrogen-bond donors (Lipinski definition) is 1. The quantitative estimate of drug-likeness (QED) is 0.731. The Kier molecular flexibility index (Phi) is 2.81. The summed E-state index contributed by atoms with van der Waals surface area (Å²) in [7, 11) is 0. The van der Waals surface area contributed by atoms with Gasteiger partial charge in [0.15, 0.2) is 5.66 Å². The molecule has 2 nitrogen and oxygen atoms in total. The van der Waals surface area contributed by atoms with Gasteiger partial charge in [0.1, 0.15) is 4.99 Å². The van der Waals surface area contributed by atoms with E-state index in [1.54, 1.807) is 0 Å². The third-order valence-corrected chi connectivity index (χ3v) is 6.00. The van der Waals surface area contributed by atoms with Gasteiger partial charge < -0.3 is 5.32 Å². The summed E-state index contributed by atoms with van der Waals surface area (Å²) in [6.45, 7) is 1.90. The number of aliphatic imine (C=N–C) groups is 1. The predicted octanol–water partition coefficient (Wildman–Crippen LogP) is 3.98. The van der Waals surface area contributed by atoms with Gasteiger partial charge in [-0.15, -0.1) is 0 Å². The topological polar surface area (TPSA) is 24.4 Å². The van der Waals surface area contributed by atoms with Crippen molar-refractivity contribution in [1.29, 1.82) is 0 Å². The Labute approximate surface area is 134 Å². The van der Waals surface area contributed by atoms with Crippen LogP contribution in [0.1, 0.15) is 43.7 Å². The van der Waals surface area contributed by atoms with Crippen LogP contribution in [0.5, 0.6) is 0 Å². The van der Waals surface area contributed by atoms with Crippen LogP contribution in [0.3, 0.4) is 0 Å². The molecule has 0 amide bonds. The number of nitrogens with zero attached hydrogens (tertiary/aromatic N) is 1. The van der Waals surface area contributed by atoms with Crippen LogP contribution >= 0.6 is 12.2 Å². The fourth-order valence-corrected chi connectivity index (χ4v) is 4.60. The molecule has 0 saturated heterocycles. The van der Waals surface area contributed by atoms with E-state index in [0.717, 1.165) is 17.7 Å². The maximum atomic E-state index is 13.7. The fourth-order valence-electron chi connectivity index (χ4n) is 4.40. The lowest BCUT2D eigenvalue weighted by molar-refractivity contribution is -0.0843. The summed E-state index contributed by atoms with van der Waals surface area (Å²) in [5, 5.41) is 3.41. The maximum Gasteiger partial charge on any atom is 0.248 e. The molecule has 0 aromatic heterocycles. The van der Waals surface area contributed by atoms with Crippen molar-refractivity contribution in [3.63, 3.8) is 0 Å². The van der Waals surface area contributed by atoms with Gasteiger partial charge in [-0.25, -0.2) is 8.78 Å². The smallest absolute Gasteiger partial charge is 0.248 e. The van der Waals surface area contributed by atoms with E-state index in [1.807, 2.05) is 19.1 Å². The molecule has 2 aliphatic carbocycles. The standard InChI is InChI=1S/C17H18F2N2S/c1-11-14(22)21-17(20-11)13-5-3-2-4-12(13)10-15(17)6-8-16(18,19)9-7-15/h2-5H,6-10H2,1H3,(H,21,22). The summed E-state index contributed by atoms with van der Waals surface area (Å²) in [6.07, 6.45) is 1.62. The molecule has 4 rings (SSSR count). The van der Waals surface area contributed by atoms with E-state index in [4.69, 9.17) is 17.2 Å². The lowest BCUT2D eigenvalue weighted by atomic mass is 9.65. The third kappa shape index (κ3) is 1.75. The Balaban J connectivity index is 1.86. The van der Waals surface area contributed by atoms with Gasteiger partial charge >= 0.3 is 0 Å². The molecule has 0 radical (unpaired) electrons. The average Bonchev–Trinajstić information content (AvgIpc) is 2.92. The maximum absolute atomic E-state index is 13.7. The van der Waals surface area contributed by atoms with Crippen LogP contribution in [-0.2, 0) is 12.1 Å². The highest BCUT2D eigenvalue weighted by atomic mass is 32.1. The van der Waals surface area contributed by atoms with Gasteiger partial charge in [0.25, 0.3) is 0 Å². The van der Waals surface area contributed by atoms with Gasteiger partial charge in [-0.3, -0.25) is 4.99 Å². The Morgan fingerprint density at radius 1 is 1.14 bits per heavy atom. The number of rotatable bonds is 0. The summed E-state index contributed by atoms with van der Waals surface area (Å²) in [4.78, 5) is 5.53. The highest BCUT2D eigenvalue weighted by molar-refractivity contribution is 7.82. The molecule has 0 bridgehead atoms. The molecule has 1 atom stereocenters. The Morgan fingerprint density at radius 2 is 1.82 bits per heavy atom. The monoisotopic (exact) mass is 320 g/mol. The van der Waals surface area contributed by atoms with Crippen molar-refractivity contribution in [2.24, 2.45) is 10.4 Å². The van der Waals surface area contributed by atoms with Gasteiger partial charge in [0.05, 0.1) is 5.71 Å². The number of thiocarbonyl (C=S) groups is 1. The molecule has 1 N–H and O–H groups in total. The largest absolute Gasteiger partial charge is 0.347 e. The Hall–Kier alpha value is -1.36. The van der Waals surface area contributed by atoms with Crippen LogP contribution in [0.4, 0.5) is 8.78 Å². The fraction of sp³-hybridized carbons (Fsp3) is 0.529. The van der Waals surface area contributed by atoms with E-state index in [9.17, 15) is 8.78 Å². The minimum atomic E-state index is -2.54. The summed E-state index contributed by atoms with van der Waals surface area (Å²) in [5.41, 5.74) is 2.20. The minimum absolute atomic E-state index is 0.0637. The first kappa shape index (κ1) is 14.2. The molecule has 1 fully saturated rings. The second kappa shape index (κ2) is 4.34. The molecular weight excluding hydrogens is 302 g/mol. The summed E-state index contributed by atoms with van der Waals surface area (Å²) in [6, 6.07) is 8.15. The molecule has 1 aromatic carbocycles. The van der Waals surface area contributed by atoms with E-state index in [2.05, 4.69) is 17.4 Å². The molecule has 1 heterocycles. The zero-order valence-corrected chi connectivity index (χ0v) is 13.3. The van der Waals surface area contributed by atoms with Crippen LogP contribution in [0.2, 0.25) is 0 Å². The first-order valence-corrected chi connectivity index (χ1v) is 8.14. The van der Waals surface area contributed by atoms with Crippen molar-refractivity contribution < 1.29 is 8.78 Å². The highest BCUT2D eigenvalue weighted by Gasteiger charge is 2.62. The van der Waals surface area contributed by atoms with Gasteiger partial charge in [-0.2, -0.15) is 0 Å². The molecule has 22 heavy (non-hydrogen) atoms. The molecule has 1 saturated carbocycles. The number of fused-ring (bicyclic) bond motifs is 3. The number of alkyl halides is 2. The highest BCUT2D eigenvalue weighted by Crippen LogP contribution is 2.61. The summed E-state index contributed by atoms with van der Waals surface area (Å²) < 4.78 is 27.4. The predicted molar refractivity (Wildman–Crippen MR) is 86.5 cm³/mol. The number of hydrogen-bond acceptors (Lipinski definition) is 2.